The number of hydrogen-bond acceptors (Lipinski definition) is 5. The fourth-order valence-electron chi connectivity index (χ4n) is 3.73. The lowest BCUT2D eigenvalue weighted by Gasteiger charge is -2.14. The first kappa shape index (κ1) is 25.0. The highest BCUT2D eigenvalue weighted by molar-refractivity contribution is 7.99. The number of aromatic nitrogens is 2. The summed E-state index contributed by atoms with van der Waals surface area (Å²) in [6.45, 7) is 3.98. The van der Waals surface area contributed by atoms with E-state index in [1.807, 2.05) is 13.0 Å². The van der Waals surface area contributed by atoms with E-state index < -0.39 is 17.6 Å². The molecule has 182 valence electrons. The predicted molar refractivity (Wildman–Crippen MR) is 135 cm³/mol. The number of alkyl halides is 3. The Labute approximate surface area is 208 Å². The third-order valence-corrected chi connectivity index (χ3v) is 7.55. The number of anilines is 1. The maximum atomic E-state index is 13.6. The molecule has 2 aromatic heterocycles. The summed E-state index contributed by atoms with van der Waals surface area (Å²) in [5.41, 5.74) is 0.0405. The molecule has 4 rings (SSSR count). The van der Waals surface area contributed by atoms with Gasteiger partial charge in [0, 0.05) is 4.88 Å². The third-order valence-electron chi connectivity index (χ3n) is 5.36. The fourth-order valence-corrected chi connectivity index (χ4v) is 5.87. The molecule has 0 unspecified atom stereocenters. The van der Waals surface area contributed by atoms with Crippen LogP contribution in [0.4, 0.5) is 18.9 Å². The maximum absolute atomic E-state index is 13.6. The average molecular weight is 518 g/mol. The van der Waals surface area contributed by atoms with Crippen molar-refractivity contribution in [2.75, 3.05) is 11.1 Å². The minimum absolute atomic E-state index is 0.219. The molecule has 0 saturated heterocycles. The molecule has 0 saturated carbocycles. The largest absolute Gasteiger partial charge is 0.418 e. The molecule has 0 aliphatic rings. The number of halogens is 3. The Morgan fingerprint density at radius 3 is 2.49 bits per heavy atom. The van der Waals surface area contributed by atoms with E-state index in [1.54, 1.807) is 24.3 Å². The van der Waals surface area contributed by atoms with Crippen LogP contribution in [0.15, 0.2) is 64.5 Å². The second-order valence-electron chi connectivity index (χ2n) is 7.83. The Balaban J connectivity index is 1.69. The number of thioether (sulfide) groups is 1. The van der Waals surface area contributed by atoms with Crippen molar-refractivity contribution in [1.29, 1.82) is 0 Å². The highest BCUT2D eigenvalue weighted by atomic mass is 32.2. The van der Waals surface area contributed by atoms with Crippen molar-refractivity contribution in [2.45, 2.75) is 38.0 Å². The lowest BCUT2D eigenvalue weighted by Crippen LogP contribution is -2.23. The van der Waals surface area contributed by atoms with E-state index in [9.17, 15) is 22.8 Å². The van der Waals surface area contributed by atoms with Gasteiger partial charge in [-0.05, 0) is 43.2 Å². The molecular formula is C25H22F3N3O2S2. The van der Waals surface area contributed by atoms with E-state index in [-0.39, 0.29) is 17.0 Å². The van der Waals surface area contributed by atoms with Crippen LogP contribution in [-0.4, -0.2) is 21.2 Å². The third kappa shape index (κ3) is 5.28. The van der Waals surface area contributed by atoms with Crippen LogP contribution in [0.1, 0.15) is 29.3 Å². The minimum atomic E-state index is -4.59. The van der Waals surface area contributed by atoms with E-state index in [0.717, 1.165) is 41.1 Å². The standard InChI is InChI=1S/C25H22F3N3O2S2/c1-3-9-19-15(2)21-22(35-19)30-24(31(23(21)33)16-10-5-4-6-11-16)34-14-20(32)29-18-13-8-7-12-17(18)25(26,27)28/h4-8,10-13H,3,9,14H2,1-2H3,(H,29,32). The van der Waals surface area contributed by atoms with Crippen LogP contribution in [-0.2, 0) is 17.4 Å². The number of amides is 1. The number of para-hydroxylation sites is 2. The van der Waals surface area contributed by atoms with Crippen LogP contribution < -0.4 is 10.9 Å². The number of benzene rings is 2. The monoisotopic (exact) mass is 517 g/mol. The first-order valence-electron chi connectivity index (χ1n) is 10.9. The number of thiophene rings is 1. The number of nitrogens with zero attached hydrogens (tertiary/aromatic N) is 2. The number of hydrogen-bond donors (Lipinski definition) is 1. The SMILES string of the molecule is CCCc1sc2nc(SCC(=O)Nc3ccccc3C(F)(F)F)n(-c3ccccc3)c(=O)c2c1C. The number of fused-ring (bicyclic) bond motifs is 1. The van der Waals surface area contributed by atoms with Gasteiger partial charge in [0.2, 0.25) is 5.91 Å². The summed E-state index contributed by atoms with van der Waals surface area (Å²) >= 11 is 2.46. The summed E-state index contributed by atoms with van der Waals surface area (Å²) in [6, 6.07) is 13.8. The van der Waals surface area contributed by atoms with Gasteiger partial charge < -0.3 is 5.32 Å². The van der Waals surface area contributed by atoms with Crippen molar-refractivity contribution in [1.82, 2.24) is 9.55 Å². The van der Waals surface area contributed by atoms with Gasteiger partial charge in [-0.1, -0.05) is 55.4 Å². The van der Waals surface area contributed by atoms with E-state index >= 15 is 0 Å². The van der Waals surface area contributed by atoms with Crippen molar-refractivity contribution in [3.05, 3.63) is 81.0 Å². The average Bonchev–Trinajstić information content (AvgIpc) is 3.13. The molecule has 0 radical (unpaired) electrons. The number of nitrogens with one attached hydrogen (secondary N) is 1. The van der Waals surface area contributed by atoms with Gasteiger partial charge in [-0.25, -0.2) is 4.98 Å². The van der Waals surface area contributed by atoms with Crippen molar-refractivity contribution in [2.24, 2.45) is 0 Å². The zero-order valence-corrected chi connectivity index (χ0v) is 20.6. The second kappa shape index (κ2) is 10.2. The fraction of sp³-hybridized carbons (Fsp3) is 0.240. The smallest absolute Gasteiger partial charge is 0.325 e. The van der Waals surface area contributed by atoms with Crippen LogP contribution in [0, 0.1) is 6.92 Å². The lowest BCUT2D eigenvalue weighted by atomic mass is 10.1. The summed E-state index contributed by atoms with van der Waals surface area (Å²) in [7, 11) is 0. The summed E-state index contributed by atoms with van der Waals surface area (Å²) < 4.78 is 41.3. The van der Waals surface area contributed by atoms with Crippen LogP contribution in [0.2, 0.25) is 0 Å². The predicted octanol–water partition coefficient (Wildman–Crippen LogP) is 6.46. The van der Waals surface area contributed by atoms with Gasteiger partial charge in [-0.3, -0.25) is 14.2 Å². The number of rotatable bonds is 7. The van der Waals surface area contributed by atoms with E-state index in [0.29, 0.717) is 21.1 Å². The molecule has 35 heavy (non-hydrogen) atoms. The summed E-state index contributed by atoms with van der Waals surface area (Å²) in [5, 5.41) is 3.19. The Kier molecular flexibility index (Phi) is 7.32. The second-order valence-corrected chi connectivity index (χ2v) is 9.86. The van der Waals surface area contributed by atoms with Crippen LogP contribution in [0.25, 0.3) is 15.9 Å². The maximum Gasteiger partial charge on any atom is 0.418 e. The van der Waals surface area contributed by atoms with Gasteiger partial charge in [0.25, 0.3) is 5.56 Å². The minimum Gasteiger partial charge on any atom is -0.325 e. The summed E-state index contributed by atoms with van der Waals surface area (Å²) in [6.07, 6.45) is -2.83. The van der Waals surface area contributed by atoms with Gasteiger partial charge >= 0.3 is 6.18 Å². The molecule has 0 bridgehead atoms. The highest BCUT2D eigenvalue weighted by Gasteiger charge is 2.33. The van der Waals surface area contributed by atoms with Gasteiger partial charge in [-0.2, -0.15) is 13.2 Å². The van der Waals surface area contributed by atoms with Gasteiger partial charge in [-0.15, -0.1) is 11.3 Å². The Hall–Kier alpha value is -3.11. The highest BCUT2D eigenvalue weighted by Crippen LogP contribution is 2.35. The first-order chi connectivity index (χ1) is 16.7. The molecule has 1 N–H and O–H groups in total. The van der Waals surface area contributed by atoms with Gasteiger partial charge in [0.1, 0.15) is 4.83 Å². The molecule has 2 aromatic carbocycles. The molecule has 4 aromatic rings. The molecule has 0 atom stereocenters. The Bertz CT molecular complexity index is 1430. The summed E-state index contributed by atoms with van der Waals surface area (Å²) in [4.78, 5) is 32.5. The summed E-state index contributed by atoms with van der Waals surface area (Å²) in [5.74, 6) is -0.849. The lowest BCUT2D eigenvalue weighted by molar-refractivity contribution is -0.137. The van der Waals surface area contributed by atoms with Crippen molar-refractivity contribution >= 4 is 44.9 Å². The van der Waals surface area contributed by atoms with E-state index in [4.69, 9.17) is 4.98 Å². The topological polar surface area (TPSA) is 64.0 Å². The number of carbonyl (C=O) groups excluding carboxylic acids is 1. The Morgan fingerprint density at radius 1 is 1.11 bits per heavy atom. The van der Waals surface area contributed by atoms with Gasteiger partial charge in [0.15, 0.2) is 5.16 Å². The number of carbonyl (C=O) groups is 1. The normalized spacial score (nSPS) is 11.7. The zero-order chi connectivity index (χ0) is 25.2. The molecular weight excluding hydrogens is 495 g/mol. The molecule has 0 aliphatic carbocycles. The molecule has 10 heteroatoms. The van der Waals surface area contributed by atoms with E-state index in [1.165, 1.54) is 34.1 Å². The first-order valence-corrected chi connectivity index (χ1v) is 12.7. The van der Waals surface area contributed by atoms with Crippen molar-refractivity contribution in [3.63, 3.8) is 0 Å². The van der Waals surface area contributed by atoms with Gasteiger partial charge in [0.05, 0.1) is 28.1 Å². The van der Waals surface area contributed by atoms with Crippen molar-refractivity contribution in [3.8, 4) is 5.69 Å². The molecule has 5 nitrogen and oxygen atoms in total. The number of aryl methyl sites for hydroxylation is 2. The van der Waals surface area contributed by atoms with Crippen LogP contribution in [0.5, 0.6) is 0 Å². The van der Waals surface area contributed by atoms with Crippen LogP contribution >= 0.6 is 23.1 Å². The van der Waals surface area contributed by atoms with Crippen LogP contribution in [0.3, 0.4) is 0 Å². The molecule has 1 amide bonds. The molecule has 0 spiro atoms. The molecule has 2 heterocycles. The quantitative estimate of drug-likeness (QED) is 0.226. The zero-order valence-electron chi connectivity index (χ0n) is 19.0. The molecule has 0 fully saturated rings. The van der Waals surface area contributed by atoms with Crippen molar-refractivity contribution < 1.29 is 18.0 Å². The molecule has 0 aliphatic heterocycles. The Morgan fingerprint density at radius 2 is 1.80 bits per heavy atom. The van der Waals surface area contributed by atoms with E-state index in [2.05, 4.69) is 12.2 Å².